The van der Waals surface area contributed by atoms with Crippen molar-refractivity contribution in [3.8, 4) is 22.4 Å². The monoisotopic (exact) mass is 329 g/mol. The van der Waals surface area contributed by atoms with Crippen LogP contribution in [0.1, 0.15) is 5.56 Å². The molecule has 0 amide bonds. The number of nitro groups is 1. The van der Waals surface area contributed by atoms with Gasteiger partial charge in [0.05, 0.1) is 10.6 Å². The first-order valence-corrected chi connectivity index (χ1v) is 7.91. The number of hydrogen-bond acceptors (Lipinski definition) is 3. The number of hydrogen-bond donors (Lipinski definition) is 0. The van der Waals surface area contributed by atoms with Crippen LogP contribution in [0.2, 0.25) is 0 Å². The van der Waals surface area contributed by atoms with Crippen molar-refractivity contribution < 1.29 is 4.92 Å². The fourth-order valence-electron chi connectivity index (χ4n) is 2.96. The number of fused-ring (bicyclic) bond motifs is 1. The van der Waals surface area contributed by atoms with Gasteiger partial charge in [-0.2, -0.15) is 0 Å². The topological polar surface area (TPSA) is 60.4 Å². The Balaban J connectivity index is 1.77. The summed E-state index contributed by atoms with van der Waals surface area (Å²) in [5.74, 6) is 0. The number of pyridine rings is 1. The summed E-state index contributed by atoms with van der Waals surface area (Å²) in [7, 11) is 0. The molecule has 25 heavy (non-hydrogen) atoms. The molecule has 0 spiro atoms. The van der Waals surface area contributed by atoms with Crippen LogP contribution in [-0.4, -0.2) is 14.3 Å². The Labute approximate surface area is 144 Å². The third-order valence-corrected chi connectivity index (χ3v) is 4.15. The molecule has 0 saturated heterocycles. The maximum atomic E-state index is 11.3. The molecular formula is C20H15N3O2. The highest BCUT2D eigenvalue weighted by molar-refractivity contribution is 5.72. The highest BCUT2D eigenvalue weighted by Crippen LogP contribution is 2.27. The second-order valence-corrected chi connectivity index (χ2v) is 5.96. The van der Waals surface area contributed by atoms with Crippen LogP contribution in [0.5, 0.6) is 0 Å². The fraction of sp³-hybridized carbons (Fsp3) is 0.0500. The van der Waals surface area contributed by atoms with E-state index in [1.165, 1.54) is 0 Å². The Morgan fingerprint density at radius 3 is 2.24 bits per heavy atom. The lowest BCUT2D eigenvalue weighted by molar-refractivity contribution is -0.383. The molecule has 0 aliphatic heterocycles. The van der Waals surface area contributed by atoms with Gasteiger partial charge in [-0.15, -0.1) is 0 Å². The number of aryl methyl sites for hydroxylation is 1. The van der Waals surface area contributed by atoms with Gasteiger partial charge in [-0.05, 0) is 23.6 Å². The van der Waals surface area contributed by atoms with E-state index in [2.05, 4.69) is 17.1 Å². The summed E-state index contributed by atoms with van der Waals surface area (Å²) in [6, 6.07) is 19.7. The lowest BCUT2D eigenvalue weighted by atomic mass is 10.0. The van der Waals surface area contributed by atoms with E-state index in [4.69, 9.17) is 0 Å². The summed E-state index contributed by atoms with van der Waals surface area (Å²) in [5.41, 5.74) is 5.11. The molecular weight excluding hydrogens is 314 g/mol. The molecule has 0 radical (unpaired) electrons. The largest absolute Gasteiger partial charge is 0.312 e. The van der Waals surface area contributed by atoms with Crippen LogP contribution in [0.15, 0.2) is 73.1 Å². The second-order valence-electron chi connectivity index (χ2n) is 5.96. The van der Waals surface area contributed by atoms with Gasteiger partial charge in [-0.3, -0.25) is 10.1 Å². The van der Waals surface area contributed by atoms with Crippen LogP contribution in [0.25, 0.3) is 28.0 Å². The molecule has 2 aromatic heterocycles. The lowest BCUT2D eigenvalue weighted by Gasteiger charge is -2.02. The highest BCUT2D eigenvalue weighted by Gasteiger charge is 2.17. The predicted octanol–water partition coefficient (Wildman–Crippen LogP) is 4.88. The molecule has 0 aliphatic carbocycles. The quantitative estimate of drug-likeness (QED) is 0.397. The molecule has 0 atom stereocenters. The van der Waals surface area contributed by atoms with Crippen molar-refractivity contribution in [2.45, 2.75) is 6.92 Å². The number of aromatic nitrogens is 2. The lowest BCUT2D eigenvalue weighted by Crippen LogP contribution is -1.94. The van der Waals surface area contributed by atoms with Gasteiger partial charge in [0.1, 0.15) is 0 Å². The minimum Gasteiger partial charge on any atom is -0.300 e. The maximum absolute atomic E-state index is 11.3. The van der Waals surface area contributed by atoms with Gasteiger partial charge in [-0.25, -0.2) is 4.98 Å². The first-order valence-electron chi connectivity index (χ1n) is 7.91. The minimum absolute atomic E-state index is 0.0205. The molecule has 0 bridgehead atoms. The van der Waals surface area contributed by atoms with E-state index >= 15 is 0 Å². The van der Waals surface area contributed by atoms with Gasteiger partial charge in [0.25, 0.3) is 0 Å². The van der Waals surface area contributed by atoms with Crippen LogP contribution >= 0.6 is 0 Å². The van der Waals surface area contributed by atoms with Crippen molar-refractivity contribution >= 4 is 11.3 Å². The summed E-state index contributed by atoms with van der Waals surface area (Å²) in [4.78, 5) is 15.3. The normalized spacial score (nSPS) is 10.9. The summed E-state index contributed by atoms with van der Waals surface area (Å²) >= 11 is 0. The average molecular weight is 329 g/mol. The Bertz CT molecular complexity index is 1070. The molecule has 2 aromatic carbocycles. The molecule has 5 heteroatoms. The standard InChI is InChI=1S/C20H15N3O2/c1-14-11-19(23(24)25)20-21-18(13-22(20)12-14)17-9-7-16(8-10-17)15-5-3-2-4-6-15/h2-13H,1H3. The van der Waals surface area contributed by atoms with Crippen LogP contribution in [0.3, 0.4) is 0 Å². The smallest absolute Gasteiger partial charge is 0.300 e. The van der Waals surface area contributed by atoms with Crippen molar-refractivity contribution in [2.75, 3.05) is 0 Å². The van der Waals surface area contributed by atoms with Crippen molar-refractivity contribution in [1.82, 2.24) is 9.38 Å². The van der Waals surface area contributed by atoms with Crippen molar-refractivity contribution in [1.29, 1.82) is 0 Å². The van der Waals surface area contributed by atoms with E-state index < -0.39 is 4.92 Å². The van der Waals surface area contributed by atoms with E-state index in [-0.39, 0.29) is 5.69 Å². The number of nitrogens with zero attached hydrogens (tertiary/aromatic N) is 3. The molecule has 0 unspecified atom stereocenters. The predicted molar refractivity (Wildman–Crippen MR) is 97.5 cm³/mol. The zero-order valence-electron chi connectivity index (χ0n) is 13.6. The summed E-state index contributed by atoms with van der Waals surface area (Å²) in [6.07, 6.45) is 3.67. The van der Waals surface area contributed by atoms with Gasteiger partial charge in [0, 0.05) is 24.0 Å². The molecule has 0 aliphatic rings. The number of rotatable bonds is 3. The summed E-state index contributed by atoms with van der Waals surface area (Å²) in [5, 5.41) is 11.3. The van der Waals surface area contributed by atoms with Crippen molar-refractivity contribution in [3.63, 3.8) is 0 Å². The van der Waals surface area contributed by atoms with Gasteiger partial charge in [0.15, 0.2) is 0 Å². The van der Waals surface area contributed by atoms with Gasteiger partial charge in [-0.1, -0.05) is 54.6 Å². The Morgan fingerprint density at radius 1 is 0.920 bits per heavy atom. The molecule has 0 saturated carbocycles. The molecule has 122 valence electrons. The van der Waals surface area contributed by atoms with Crippen LogP contribution in [0, 0.1) is 17.0 Å². The van der Waals surface area contributed by atoms with Crippen LogP contribution in [0.4, 0.5) is 5.69 Å². The Kier molecular flexibility index (Phi) is 3.54. The van der Waals surface area contributed by atoms with E-state index in [1.54, 1.807) is 10.5 Å². The molecule has 0 fully saturated rings. The third kappa shape index (κ3) is 2.76. The van der Waals surface area contributed by atoms with Gasteiger partial charge in [0.2, 0.25) is 5.65 Å². The van der Waals surface area contributed by atoms with Crippen LogP contribution < -0.4 is 0 Å². The zero-order chi connectivity index (χ0) is 17.4. The van der Waals surface area contributed by atoms with Gasteiger partial charge < -0.3 is 4.40 Å². The molecule has 4 aromatic rings. The molecule has 2 heterocycles. The van der Waals surface area contributed by atoms with E-state index in [9.17, 15) is 10.1 Å². The van der Waals surface area contributed by atoms with Crippen LogP contribution in [-0.2, 0) is 0 Å². The Morgan fingerprint density at radius 2 is 1.56 bits per heavy atom. The third-order valence-electron chi connectivity index (χ3n) is 4.15. The fourth-order valence-corrected chi connectivity index (χ4v) is 2.96. The number of benzene rings is 2. The maximum Gasteiger partial charge on any atom is 0.312 e. The molecule has 4 rings (SSSR count). The van der Waals surface area contributed by atoms with Crippen molar-refractivity contribution in [3.05, 3.63) is 88.7 Å². The first kappa shape index (κ1) is 15.1. The number of imidazole rings is 1. The Hall–Kier alpha value is -3.47. The molecule has 5 nitrogen and oxygen atoms in total. The average Bonchev–Trinajstić information content (AvgIpc) is 3.05. The zero-order valence-corrected chi connectivity index (χ0v) is 13.6. The minimum atomic E-state index is -0.391. The van der Waals surface area contributed by atoms with E-state index in [0.29, 0.717) is 11.3 Å². The van der Waals surface area contributed by atoms with E-state index in [0.717, 1.165) is 22.3 Å². The van der Waals surface area contributed by atoms with E-state index in [1.807, 2.05) is 61.8 Å². The second kappa shape index (κ2) is 5.87. The SMILES string of the molecule is Cc1cc([N+](=O)[O-])c2nc(-c3ccc(-c4ccccc4)cc3)cn2c1. The molecule has 0 N–H and O–H groups in total. The summed E-state index contributed by atoms with van der Waals surface area (Å²) < 4.78 is 1.72. The van der Waals surface area contributed by atoms with Crippen molar-refractivity contribution in [2.24, 2.45) is 0 Å². The highest BCUT2D eigenvalue weighted by atomic mass is 16.6. The first-order chi connectivity index (χ1) is 12.1. The van der Waals surface area contributed by atoms with Gasteiger partial charge >= 0.3 is 5.69 Å². The summed E-state index contributed by atoms with van der Waals surface area (Å²) in [6.45, 7) is 1.83.